The predicted octanol–water partition coefficient (Wildman–Crippen LogP) is 2.73. The van der Waals surface area contributed by atoms with Crippen LogP contribution in [-0.4, -0.2) is 31.5 Å². The van der Waals surface area contributed by atoms with Gasteiger partial charge in [0, 0.05) is 17.9 Å². The van der Waals surface area contributed by atoms with E-state index in [-0.39, 0.29) is 12.3 Å². The topological polar surface area (TPSA) is 91.0 Å². The molecule has 2 aromatic carbocycles. The second-order valence-corrected chi connectivity index (χ2v) is 6.97. The number of carbonyl (C=O) groups excluding carboxylic acids is 1. The molecule has 7 heteroatoms. The normalized spacial score (nSPS) is 18.6. The molecule has 6 nitrogen and oxygen atoms in total. The quantitative estimate of drug-likeness (QED) is 0.774. The van der Waals surface area contributed by atoms with Crippen LogP contribution in [0.5, 0.6) is 17.2 Å². The van der Waals surface area contributed by atoms with E-state index in [9.17, 15) is 9.90 Å². The molecule has 0 fully saturated rings. The minimum Gasteiger partial charge on any atom is -0.493 e. The minimum absolute atomic E-state index is 0.0903. The Balaban J connectivity index is 2.05. The molecule has 0 radical (unpaired) electrons. The predicted molar refractivity (Wildman–Crippen MR) is 99.7 cm³/mol. The average Bonchev–Trinajstić information content (AvgIpc) is 2.59. The summed E-state index contributed by atoms with van der Waals surface area (Å²) in [7, 11) is 3.16. The Morgan fingerprint density at radius 1 is 1.31 bits per heavy atom. The van der Waals surface area contributed by atoms with Gasteiger partial charge in [0.1, 0.15) is 5.75 Å². The van der Waals surface area contributed by atoms with Crippen LogP contribution in [0.15, 0.2) is 34.8 Å². The summed E-state index contributed by atoms with van der Waals surface area (Å²) in [6, 6.07) is 9.37. The fourth-order valence-electron chi connectivity index (χ4n) is 3.26. The Morgan fingerprint density at radius 2 is 2.08 bits per heavy atom. The van der Waals surface area contributed by atoms with Crippen molar-refractivity contribution in [3.8, 4) is 17.2 Å². The Morgan fingerprint density at radius 3 is 2.73 bits per heavy atom. The van der Waals surface area contributed by atoms with E-state index in [0.29, 0.717) is 23.7 Å². The summed E-state index contributed by atoms with van der Waals surface area (Å²) < 4.78 is 17.1. The zero-order valence-corrected chi connectivity index (χ0v) is 16.1. The third kappa shape index (κ3) is 3.64. The van der Waals surface area contributed by atoms with Crippen LogP contribution in [0.3, 0.4) is 0 Å². The number of hydrogen-bond acceptors (Lipinski definition) is 5. The van der Waals surface area contributed by atoms with Crippen molar-refractivity contribution in [3.63, 3.8) is 0 Å². The number of carbonyl (C=O) groups is 1. The Kier molecular flexibility index (Phi) is 5.38. The van der Waals surface area contributed by atoms with Gasteiger partial charge in [0.05, 0.1) is 25.1 Å². The standard InChI is InChI=1S/C19H20BrNO5/c1-24-16-8-11(7-14(20)19(16)25-2)13-9-18(23)26-15-5-10(6-17(21)22)3-4-12(13)15/h3-5,7-8,13,18,23H,6,9H2,1-2H3,(H2,21,22). The summed E-state index contributed by atoms with van der Waals surface area (Å²) in [5, 5.41) is 10.2. The molecule has 1 heterocycles. The van der Waals surface area contributed by atoms with Gasteiger partial charge >= 0.3 is 0 Å². The van der Waals surface area contributed by atoms with Crippen molar-refractivity contribution in [2.75, 3.05) is 14.2 Å². The van der Waals surface area contributed by atoms with Crippen molar-refractivity contribution in [2.24, 2.45) is 5.73 Å². The SMILES string of the molecule is COc1cc(C2CC(O)Oc3cc(CC(N)=O)ccc32)cc(Br)c1OC. The Labute approximate surface area is 160 Å². The van der Waals surface area contributed by atoms with Crippen molar-refractivity contribution >= 4 is 21.8 Å². The molecule has 2 aromatic rings. The fraction of sp³-hybridized carbons (Fsp3) is 0.316. The monoisotopic (exact) mass is 421 g/mol. The van der Waals surface area contributed by atoms with Crippen molar-refractivity contribution in [1.29, 1.82) is 0 Å². The molecule has 138 valence electrons. The number of ether oxygens (including phenoxy) is 3. The average molecular weight is 422 g/mol. The van der Waals surface area contributed by atoms with Crippen molar-refractivity contribution in [1.82, 2.24) is 0 Å². The van der Waals surface area contributed by atoms with Gasteiger partial charge in [-0.25, -0.2) is 0 Å². The lowest BCUT2D eigenvalue weighted by Crippen LogP contribution is -2.26. The molecular weight excluding hydrogens is 402 g/mol. The molecule has 2 unspecified atom stereocenters. The lowest BCUT2D eigenvalue weighted by molar-refractivity contribution is -0.117. The first kappa shape index (κ1) is 18.5. The van der Waals surface area contributed by atoms with Crippen LogP contribution in [0.25, 0.3) is 0 Å². The van der Waals surface area contributed by atoms with Crippen LogP contribution < -0.4 is 19.9 Å². The molecule has 1 aliphatic rings. The maximum absolute atomic E-state index is 11.2. The number of rotatable bonds is 5. The van der Waals surface area contributed by atoms with Crippen LogP contribution >= 0.6 is 15.9 Å². The van der Waals surface area contributed by atoms with Crippen LogP contribution in [0.2, 0.25) is 0 Å². The number of fused-ring (bicyclic) bond motifs is 1. The van der Waals surface area contributed by atoms with Gasteiger partial charge in [-0.2, -0.15) is 0 Å². The minimum atomic E-state index is -0.941. The lowest BCUT2D eigenvalue weighted by atomic mass is 9.85. The summed E-state index contributed by atoms with van der Waals surface area (Å²) in [6.45, 7) is 0. The van der Waals surface area contributed by atoms with Crippen LogP contribution in [0.4, 0.5) is 0 Å². The van der Waals surface area contributed by atoms with Gasteiger partial charge in [-0.1, -0.05) is 12.1 Å². The van der Waals surface area contributed by atoms with E-state index in [1.165, 1.54) is 0 Å². The van der Waals surface area contributed by atoms with E-state index < -0.39 is 12.2 Å². The number of halogens is 1. The third-order valence-corrected chi connectivity index (χ3v) is 4.98. The zero-order valence-electron chi connectivity index (χ0n) is 14.5. The summed E-state index contributed by atoms with van der Waals surface area (Å²) >= 11 is 3.51. The number of amides is 1. The van der Waals surface area contributed by atoms with E-state index in [2.05, 4.69) is 15.9 Å². The lowest BCUT2D eigenvalue weighted by Gasteiger charge is -2.30. The van der Waals surface area contributed by atoms with Gasteiger partial charge in [0.25, 0.3) is 0 Å². The summed E-state index contributed by atoms with van der Waals surface area (Å²) in [4.78, 5) is 11.2. The van der Waals surface area contributed by atoms with E-state index in [1.807, 2.05) is 24.3 Å². The van der Waals surface area contributed by atoms with Crippen molar-refractivity contribution in [3.05, 3.63) is 51.5 Å². The molecule has 0 spiro atoms. The van der Waals surface area contributed by atoms with Crippen molar-refractivity contribution < 1.29 is 24.1 Å². The number of aliphatic hydroxyl groups is 1. The molecule has 2 atom stereocenters. The maximum Gasteiger partial charge on any atom is 0.221 e. The van der Waals surface area contributed by atoms with E-state index in [4.69, 9.17) is 19.9 Å². The molecular formula is C19H20BrNO5. The molecule has 0 saturated carbocycles. The first-order valence-corrected chi connectivity index (χ1v) is 8.89. The highest BCUT2D eigenvalue weighted by molar-refractivity contribution is 9.10. The second-order valence-electron chi connectivity index (χ2n) is 6.11. The highest BCUT2D eigenvalue weighted by Gasteiger charge is 2.30. The molecule has 0 saturated heterocycles. The zero-order chi connectivity index (χ0) is 18.8. The fourth-order valence-corrected chi connectivity index (χ4v) is 3.88. The van der Waals surface area contributed by atoms with Gasteiger partial charge in [0.2, 0.25) is 5.91 Å². The second kappa shape index (κ2) is 7.55. The van der Waals surface area contributed by atoms with Crippen LogP contribution in [0, 0.1) is 0 Å². The number of hydrogen-bond donors (Lipinski definition) is 2. The Hall–Kier alpha value is -2.25. The summed E-state index contributed by atoms with van der Waals surface area (Å²) in [5.74, 6) is 1.26. The molecule has 0 aliphatic carbocycles. The number of aliphatic hydroxyl groups excluding tert-OH is 1. The van der Waals surface area contributed by atoms with Crippen molar-refractivity contribution in [2.45, 2.75) is 25.0 Å². The maximum atomic E-state index is 11.2. The van der Waals surface area contributed by atoms with Gasteiger partial charge in [0.15, 0.2) is 17.8 Å². The smallest absolute Gasteiger partial charge is 0.221 e. The van der Waals surface area contributed by atoms with Gasteiger partial charge in [-0.05, 0) is 45.3 Å². The van der Waals surface area contributed by atoms with Gasteiger partial charge in [-0.3, -0.25) is 4.79 Å². The van der Waals surface area contributed by atoms with Gasteiger partial charge in [-0.15, -0.1) is 0 Å². The third-order valence-electron chi connectivity index (χ3n) is 4.39. The number of nitrogens with two attached hydrogens (primary N) is 1. The number of primary amides is 1. The highest BCUT2D eigenvalue weighted by atomic mass is 79.9. The summed E-state index contributed by atoms with van der Waals surface area (Å²) in [5.41, 5.74) is 7.90. The van der Waals surface area contributed by atoms with Crippen LogP contribution in [0.1, 0.15) is 29.0 Å². The molecule has 0 aromatic heterocycles. The first-order valence-electron chi connectivity index (χ1n) is 8.10. The number of methoxy groups -OCH3 is 2. The first-order chi connectivity index (χ1) is 12.4. The molecule has 3 N–H and O–H groups in total. The molecule has 1 aliphatic heterocycles. The summed E-state index contributed by atoms with van der Waals surface area (Å²) in [6.07, 6.45) is -0.410. The largest absolute Gasteiger partial charge is 0.493 e. The van der Waals surface area contributed by atoms with E-state index in [0.717, 1.165) is 21.2 Å². The number of benzene rings is 2. The molecule has 1 amide bonds. The van der Waals surface area contributed by atoms with E-state index in [1.54, 1.807) is 20.3 Å². The molecule has 3 rings (SSSR count). The highest BCUT2D eigenvalue weighted by Crippen LogP contribution is 2.45. The van der Waals surface area contributed by atoms with Crippen LogP contribution in [-0.2, 0) is 11.2 Å². The molecule has 0 bridgehead atoms. The molecule has 26 heavy (non-hydrogen) atoms. The van der Waals surface area contributed by atoms with Gasteiger partial charge < -0.3 is 25.1 Å². The Bertz CT molecular complexity index is 839. The van der Waals surface area contributed by atoms with E-state index >= 15 is 0 Å².